The number of fused-ring (bicyclic) bond motifs is 1. The Hall–Kier alpha value is -0.120. The molecule has 0 aromatic rings. The molecule has 3 unspecified atom stereocenters. The molecule has 0 spiro atoms. The molecule has 2 N–H and O–H groups in total. The molecule has 0 amide bonds. The maximum atomic E-state index is 6.95. The molecular formula is C17H32N2O. The molecule has 2 aliphatic carbocycles. The number of nitrogens with zero attached hydrogens (tertiary/aromatic N) is 1. The van der Waals surface area contributed by atoms with Crippen molar-refractivity contribution in [2.75, 3.05) is 19.7 Å². The first-order chi connectivity index (χ1) is 9.50. The second-order valence-electron chi connectivity index (χ2n) is 7.86. The second kappa shape index (κ2) is 5.26. The number of unbranched alkanes of at least 4 members (excludes halogenated alkanes) is 1. The van der Waals surface area contributed by atoms with Gasteiger partial charge in [0.1, 0.15) is 0 Å². The van der Waals surface area contributed by atoms with Gasteiger partial charge in [-0.3, -0.25) is 4.90 Å². The molecule has 1 aliphatic heterocycles. The summed E-state index contributed by atoms with van der Waals surface area (Å²) >= 11 is 0. The molecule has 116 valence electrons. The van der Waals surface area contributed by atoms with Crippen molar-refractivity contribution in [3.8, 4) is 0 Å². The molecular weight excluding hydrogens is 248 g/mol. The van der Waals surface area contributed by atoms with Crippen molar-refractivity contribution in [2.45, 2.75) is 77.0 Å². The molecule has 1 saturated heterocycles. The molecule has 20 heavy (non-hydrogen) atoms. The molecule has 2 saturated carbocycles. The largest absolute Gasteiger partial charge is 0.377 e. The molecule has 3 heteroatoms. The van der Waals surface area contributed by atoms with Gasteiger partial charge in [-0.2, -0.15) is 0 Å². The highest BCUT2D eigenvalue weighted by Gasteiger charge is 2.66. The summed E-state index contributed by atoms with van der Waals surface area (Å²) in [4.78, 5) is 2.69. The van der Waals surface area contributed by atoms with Gasteiger partial charge in [-0.25, -0.2) is 0 Å². The molecule has 3 fully saturated rings. The number of hydrogen-bond acceptors (Lipinski definition) is 3. The van der Waals surface area contributed by atoms with Crippen LogP contribution in [0.25, 0.3) is 0 Å². The Bertz CT molecular complexity index is 353. The molecule has 0 radical (unpaired) electrons. The minimum atomic E-state index is -0.0472. The maximum absolute atomic E-state index is 6.95. The zero-order valence-electron chi connectivity index (χ0n) is 13.5. The van der Waals surface area contributed by atoms with Crippen LogP contribution in [0.4, 0.5) is 0 Å². The van der Waals surface area contributed by atoms with Crippen molar-refractivity contribution >= 4 is 0 Å². The second-order valence-corrected chi connectivity index (χ2v) is 7.86. The van der Waals surface area contributed by atoms with Crippen molar-refractivity contribution in [3.05, 3.63) is 0 Å². The third kappa shape index (κ3) is 2.22. The normalized spacial score (nSPS) is 39.5. The zero-order chi connectivity index (χ0) is 14.4. The van der Waals surface area contributed by atoms with E-state index >= 15 is 0 Å². The Morgan fingerprint density at radius 3 is 2.65 bits per heavy atom. The SMILES string of the molecule is CCCCN(CC1(N)C2CCCOC2C1(C)C)C1CC1. The molecule has 3 rings (SSSR count). The highest BCUT2D eigenvalue weighted by Crippen LogP contribution is 2.57. The van der Waals surface area contributed by atoms with Crippen molar-refractivity contribution in [2.24, 2.45) is 17.1 Å². The van der Waals surface area contributed by atoms with Crippen LogP contribution in [0.3, 0.4) is 0 Å². The summed E-state index contributed by atoms with van der Waals surface area (Å²) in [5.74, 6) is 0.578. The van der Waals surface area contributed by atoms with Crippen LogP contribution in [-0.4, -0.2) is 42.3 Å². The number of nitrogens with two attached hydrogens (primary N) is 1. The van der Waals surface area contributed by atoms with Crippen LogP contribution in [0.1, 0.15) is 59.3 Å². The lowest BCUT2D eigenvalue weighted by atomic mass is 9.46. The van der Waals surface area contributed by atoms with E-state index in [4.69, 9.17) is 10.5 Å². The number of hydrogen-bond donors (Lipinski definition) is 1. The van der Waals surface area contributed by atoms with Gasteiger partial charge in [0, 0.05) is 36.1 Å². The van der Waals surface area contributed by atoms with E-state index in [9.17, 15) is 0 Å². The van der Waals surface area contributed by atoms with Crippen LogP contribution in [-0.2, 0) is 4.74 Å². The van der Waals surface area contributed by atoms with Crippen molar-refractivity contribution < 1.29 is 4.74 Å². The van der Waals surface area contributed by atoms with E-state index in [2.05, 4.69) is 25.7 Å². The van der Waals surface area contributed by atoms with E-state index in [0.717, 1.165) is 19.2 Å². The molecule has 0 aromatic carbocycles. The van der Waals surface area contributed by atoms with Crippen molar-refractivity contribution in [1.29, 1.82) is 0 Å². The quantitative estimate of drug-likeness (QED) is 0.813. The van der Waals surface area contributed by atoms with Gasteiger partial charge in [0.25, 0.3) is 0 Å². The van der Waals surface area contributed by atoms with E-state index in [1.807, 2.05) is 0 Å². The van der Waals surface area contributed by atoms with Gasteiger partial charge in [0.15, 0.2) is 0 Å². The van der Waals surface area contributed by atoms with Gasteiger partial charge in [0.2, 0.25) is 0 Å². The fourth-order valence-electron chi connectivity index (χ4n) is 4.52. The van der Waals surface area contributed by atoms with Crippen molar-refractivity contribution in [1.82, 2.24) is 4.90 Å². The summed E-state index contributed by atoms with van der Waals surface area (Å²) < 4.78 is 6.03. The van der Waals surface area contributed by atoms with E-state index in [1.54, 1.807) is 0 Å². The summed E-state index contributed by atoms with van der Waals surface area (Å²) in [6.45, 7) is 10.2. The van der Waals surface area contributed by atoms with Gasteiger partial charge in [0.05, 0.1) is 6.10 Å². The van der Waals surface area contributed by atoms with Gasteiger partial charge in [-0.05, 0) is 38.6 Å². The minimum absolute atomic E-state index is 0.0472. The monoisotopic (exact) mass is 280 g/mol. The predicted octanol–water partition coefficient (Wildman–Crippen LogP) is 2.78. The first kappa shape index (κ1) is 14.8. The van der Waals surface area contributed by atoms with Gasteiger partial charge >= 0.3 is 0 Å². The topological polar surface area (TPSA) is 38.5 Å². The fourth-order valence-corrected chi connectivity index (χ4v) is 4.52. The zero-order valence-corrected chi connectivity index (χ0v) is 13.5. The van der Waals surface area contributed by atoms with E-state index < -0.39 is 0 Å². The molecule has 0 bridgehead atoms. The molecule has 3 aliphatic rings. The average Bonchev–Trinajstić information content (AvgIpc) is 3.27. The van der Waals surface area contributed by atoms with Crippen LogP contribution in [0.15, 0.2) is 0 Å². The molecule has 1 heterocycles. The van der Waals surface area contributed by atoms with Crippen LogP contribution in [0, 0.1) is 11.3 Å². The van der Waals surface area contributed by atoms with E-state index in [0.29, 0.717) is 12.0 Å². The first-order valence-corrected chi connectivity index (χ1v) is 8.65. The lowest BCUT2D eigenvalue weighted by molar-refractivity contribution is -0.232. The van der Waals surface area contributed by atoms with Crippen molar-refractivity contribution in [3.63, 3.8) is 0 Å². The van der Waals surface area contributed by atoms with Gasteiger partial charge < -0.3 is 10.5 Å². The number of ether oxygens (including phenoxy) is 1. The molecule has 0 aromatic heterocycles. The minimum Gasteiger partial charge on any atom is -0.377 e. The molecule has 3 nitrogen and oxygen atoms in total. The third-order valence-electron chi connectivity index (χ3n) is 6.22. The van der Waals surface area contributed by atoms with E-state index in [-0.39, 0.29) is 11.0 Å². The fraction of sp³-hybridized carbons (Fsp3) is 1.00. The lowest BCUT2D eigenvalue weighted by Gasteiger charge is -2.67. The average molecular weight is 280 g/mol. The first-order valence-electron chi connectivity index (χ1n) is 8.65. The van der Waals surface area contributed by atoms with Gasteiger partial charge in [-0.15, -0.1) is 0 Å². The summed E-state index contributed by atoms with van der Waals surface area (Å²) in [7, 11) is 0. The molecule has 3 atom stereocenters. The van der Waals surface area contributed by atoms with Crippen LogP contribution < -0.4 is 5.73 Å². The summed E-state index contributed by atoms with van der Waals surface area (Å²) in [6, 6.07) is 0.821. The standard InChI is InChI=1S/C17H32N2O/c1-4-5-10-19(13-8-9-13)12-17(18)14-7-6-11-20-15(14)16(17,2)3/h13-15H,4-12,18H2,1-3H3. The Balaban J connectivity index is 1.70. The Morgan fingerprint density at radius 2 is 2.00 bits per heavy atom. The summed E-state index contributed by atoms with van der Waals surface area (Å²) in [5.41, 5.74) is 7.03. The summed E-state index contributed by atoms with van der Waals surface area (Å²) in [6.07, 6.45) is 8.19. The highest BCUT2D eigenvalue weighted by molar-refractivity contribution is 5.21. The third-order valence-corrected chi connectivity index (χ3v) is 6.22. The van der Waals surface area contributed by atoms with Crippen LogP contribution in [0.5, 0.6) is 0 Å². The van der Waals surface area contributed by atoms with E-state index in [1.165, 1.54) is 45.1 Å². The van der Waals surface area contributed by atoms with Gasteiger partial charge in [-0.1, -0.05) is 27.2 Å². The maximum Gasteiger partial charge on any atom is 0.0690 e. The Kier molecular flexibility index (Phi) is 3.89. The number of rotatable bonds is 6. The smallest absolute Gasteiger partial charge is 0.0690 e. The van der Waals surface area contributed by atoms with Crippen LogP contribution >= 0.6 is 0 Å². The Labute approximate surface area is 124 Å². The Morgan fingerprint density at radius 1 is 1.25 bits per heavy atom. The summed E-state index contributed by atoms with van der Waals surface area (Å²) in [5, 5.41) is 0. The lowest BCUT2D eigenvalue weighted by Crippen LogP contribution is -2.80. The highest BCUT2D eigenvalue weighted by atomic mass is 16.5. The van der Waals surface area contributed by atoms with Crippen LogP contribution in [0.2, 0.25) is 0 Å². The predicted molar refractivity (Wildman–Crippen MR) is 82.7 cm³/mol.